The summed E-state index contributed by atoms with van der Waals surface area (Å²) in [6.45, 7) is 11.5. The maximum atomic E-state index is 14.8. The number of carboxylic acids is 3. The third-order valence-corrected chi connectivity index (χ3v) is 16.7. The number of unbranched alkanes of at least 4 members (excludes halogenated alkanes) is 2. The molecule has 0 bridgehead atoms. The molecule has 35 nitrogen and oxygen atoms in total. The molecule has 550 valence electrons. The molecular weight excluding hydrogens is 1270 g/mol. The average Bonchev–Trinajstić information content (AvgIpc) is 1.18. The van der Waals surface area contributed by atoms with Gasteiger partial charge in [-0.3, -0.25) is 67.4 Å². The first-order valence-corrected chi connectivity index (χ1v) is 33.8. The molecule has 2 aromatic rings. The Kier molecular flexibility index (Phi) is 39.9. The minimum atomic E-state index is -1.49. The van der Waals surface area contributed by atoms with Crippen LogP contribution >= 0.6 is 0 Å². The maximum absolute atomic E-state index is 14.8. The second-order valence-electron chi connectivity index (χ2n) is 24.6. The van der Waals surface area contributed by atoms with Crippen molar-refractivity contribution in [3.05, 3.63) is 47.8 Å². The van der Waals surface area contributed by atoms with Crippen LogP contribution in [0.4, 0.5) is 0 Å². The Bertz CT molecular complexity index is 2820. The highest BCUT2D eigenvalue weighted by atomic mass is 16.4. The molecule has 98 heavy (non-hydrogen) atoms. The molecular formula is C63H109N21O14. The smallest absolute Gasteiger partial charge is 0.326 e. The van der Waals surface area contributed by atoms with Crippen LogP contribution in [0.15, 0.2) is 41.5 Å². The molecule has 1 fully saturated rings. The first-order valence-electron chi connectivity index (χ1n) is 33.8. The summed E-state index contributed by atoms with van der Waals surface area (Å²) in [5.41, 5.74) is 29.8. The van der Waals surface area contributed by atoms with Crippen LogP contribution in [0.3, 0.4) is 0 Å². The summed E-state index contributed by atoms with van der Waals surface area (Å²) < 4.78 is 1.60. The van der Waals surface area contributed by atoms with Crippen molar-refractivity contribution in [2.45, 2.75) is 172 Å². The number of carboxylic acid groups (broad SMARTS) is 3. The highest BCUT2D eigenvalue weighted by Crippen LogP contribution is 2.15. The number of hydrogen-bond acceptors (Lipinski definition) is 21. The molecule has 0 radical (unpaired) electrons. The zero-order chi connectivity index (χ0) is 72.5. The Hall–Kier alpha value is -8.48. The molecule has 1 aromatic carbocycles. The third kappa shape index (κ3) is 33.2. The number of aromatic nitrogens is 3. The zero-order valence-electron chi connectivity index (χ0n) is 57.1. The van der Waals surface area contributed by atoms with Crippen molar-refractivity contribution in [3.63, 3.8) is 0 Å². The van der Waals surface area contributed by atoms with Crippen molar-refractivity contribution in [2.24, 2.45) is 45.5 Å². The fourth-order valence-electron chi connectivity index (χ4n) is 10.6. The minimum absolute atomic E-state index is 0.00583. The lowest BCUT2D eigenvalue weighted by Crippen LogP contribution is -2.61. The van der Waals surface area contributed by atoms with E-state index in [0.29, 0.717) is 63.7 Å². The molecule has 3 rings (SSSR count). The Balaban J connectivity index is 1.96. The van der Waals surface area contributed by atoms with E-state index in [2.05, 4.69) is 73.4 Å². The number of aliphatic carboxylic acids is 3. The molecule has 1 saturated heterocycles. The number of aliphatic imine (C=N–C) groups is 1. The molecule has 1 aliphatic heterocycles. The standard InChI is InChI=1S/C63H109N21O14/c1-5-40(3)53(78-55(90)44(66)18-15-29-83(38-51(86)87)39-52(88)89)60(95)74-46(21-14-24-71-63(67)68)58(93)79-54(41(4)6-2)61(96)77-49(35-43-37-84(81-80-43)33-32-82-30-27-69-25-26-70-28-31-82)56(91)72-36-50(85)73-45(19-10-12-22-64)57(92)76-48(34-42-16-8-7-9-17-42)59(94)75-47(62(97)98)20-11-13-23-65/h7-9,16-17,37,40-41,44-49,53-54,69-70H,5-6,10-15,18-36,38-39,64-66H2,1-4H3,(H,72,91)(H,73,85)(H,74,95)(H,75,94)(H,76,92)(H,77,96)(H,78,90)(H,79,93)(H,86,87)(H,88,89)(H,97,98)(H4,67,68,71)/t40-,41-,44-,45-,46-,47-,48-,49-,53-,54-/m0/s1. The Morgan fingerprint density at radius 2 is 1.10 bits per heavy atom. The SMILES string of the molecule is CC[C@H](C)[C@H](NC(=O)[C@H](CCCN=C(N)N)NC(=O)[C@@H](NC(=O)[C@@H](N)CCCN(CC(=O)O)CC(=O)O)[C@@H](C)CC)C(=O)N[C@@H](Cc1cn(CCN2CCNCCNCC2)nn1)C(=O)NCC(=O)N[C@@H](CCCCN)C(=O)N[C@@H](Cc1ccccc1)C(=O)N[C@@H](CCCCN)C(=O)O. The first kappa shape index (κ1) is 83.7. The van der Waals surface area contributed by atoms with Gasteiger partial charge in [-0.25, -0.2) is 4.79 Å². The summed E-state index contributed by atoms with van der Waals surface area (Å²) in [5, 5.41) is 65.3. The lowest BCUT2D eigenvalue weighted by atomic mass is 9.95. The fraction of sp³-hybridized carbons (Fsp3) is 0.683. The van der Waals surface area contributed by atoms with Crippen molar-refractivity contribution < 1.29 is 68.1 Å². The van der Waals surface area contributed by atoms with Crippen LogP contribution < -0.4 is 81.8 Å². The lowest BCUT2D eigenvalue weighted by molar-refractivity contribution is -0.143. The molecule has 10 atom stereocenters. The number of benzene rings is 1. The fourth-order valence-corrected chi connectivity index (χ4v) is 10.6. The van der Waals surface area contributed by atoms with E-state index in [0.717, 1.165) is 39.3 Å². The molecule has 35 heteroatoms. The van der Waals surface area contributed by atoms with Crippen molar-refractivity contribution >= 4 is 71.1 Å². The van der Waals surface area contributed by atoms with Gasteiger partial charge in [-0.1, -0.05) is 76.1 Å². The van der Waals surface area contributed by atoms with E-state index in [1.54, 1.807) is 68.9 Å². The Morgan fingerprint density at radius 3 is 1.66 bits per heavy atom. The van der Waals surface area contributed by atoms with Crippen LogP contribution in [0.25, 0.3) is 0 Å². The maximum Gasteiger partial charge on any atom is 0.326 e. The van der Waals surface area contributed by atoms with Crippen molar-refractivity contribution in [1.29, 1.82) is 0 Å². The molecule has 0 unspecified atom stereocenters. The average molecular weight is 1380 g/mol. The lowest BCUT2D eigenvalue weighted by Gasteiger charge is -2.30. The summed E-state index contributed by atoms with van der Waals surface area (Å²) in [4.78, 5) is 156. The second-order valence-corrected chi connectivity index (χ2v) is 24.6. The summed E-state index contributed by atoms with van der Waals surface area (Å²) in [6.07, 6.45) is 4.06. The minimum Gasteiger partial charge on any atom is -0.480 e. The van der Waals surface area contributed by atoms with E-state index in [1.807, 2.05) is 0 Å². The van der Waals surface area contributed by atoms with E-state index in [1.165, 1.54) is 4.90 Å². The quantitative estimate of drug-likeness (QED) is 0.0168. The van der Waals surface area contributed by atoms with Gasteiger partial charge in [-0.2, -0.15) is 0 Å². The highest BCUT2D eigenvalue weighted by molar-refractivity contribution is 5.98. The van der Waals surface area contributed by atoms with Gasteiger partial charge in [0.25, 0.3) is 0 Å². The number of carbonyl (C=O) groups is 11. The van der Waals surface area contributed by atoms with Crippen molar-refractivity contribution in [2.75, 3.05) is 91.6 Å². The van der Waals surface area contributed by atoms with E-state index in [-0.39, 0.29) is 82.7 Å². The second kappa shape index (κ2) is 46.7. The van der Waals surface area contributed by atoms with Crippen LogP contribution in [0, 0.1) is 11.8 Å². The van der Waals surface area contributed by atoms with Gasteiger partial charge in [0.1, 0.15) is 42.3 Å². The van der Waals surface area contributed by atoms with E-state index in [9.17, 15) is 68.1 Å². The molecule has 0 saturated carbocycles. The normalized spacial score (nSPS) is 15.8. The van der Waals surface area contributed by atoms with Gasteiger partial charge < -0.3 is 97.2 Å². The van der Waals surface area contributed by atoms with Gasteiger partial charge >= 0.3 is 17.9 Å². The summed E-state index contributed by atoms with van der Waals surface area (Å²) in [6, 6.07) is -1.84. The zero-order valence-corrected chi connectivity index (χ0v) is 57.1. The molecule has 1 aromatic heterocycles. The van der Waals surface area contributed by atoms with Crippen LogP contribution in [-0.4, -0.2) is 251 Å². The third-order valence-electron chi connectivity index (χ3n) is 16.7. The summed E-state index contributed by atoms with van der Waals surface area (Å²) >= 11 is 0. The van der Waals surface area contributed by atoms with Crippen LogP contribution in [0.5, 0.6) is 0 Å². The first-order chi connectivity index (χ1) is 46.8. The highest BCUT2D eigenvalue weighted by Gasteiger charge is 2.36. The Morgan fingerprint density at radius 1 is 0.592 bits per heavy atom. The van der Waals surface area contributed by atoms with Crippen LogP contribution in [0.2, 0.25) is 0 Å². The summed E-state index contributed by atoms with van der Waals surface area (Å²) in [7, 11) is 0. The molecule has 0 aliphatic carbocycles. The van der Waals surface area contributed by atoms with E-state index >= 15 is 0 Å². The van der Waals surface area contributed by atoms with Crippen molar-refractivity contribution in [1.82, 2.24) is 78.0 Å². The van der Waals surface area contributed by atoms with E-state index in [4.69, 9.17) is 28.7 Å². The number of amides is 8. The topological polar surface area (TPSA) is 548 Å². The number of carbonyl (C=O) groups excluding carboxylic acids is 8. The van der Waals surface area contributed by atoms with Gasteiger partial charge in [0, 0.05) is 71.4 Å². The predicted octanol–water partition coefficient (Wildman–Crippen LogP) is -4.86. The predicted molar refractivity (Wildman–Crippen MR) is 364 cm³/mol. The number of rotatable bonds is 48. The van der Waals surface area contributed by atoms with Crippen LogP contribution in [-0.2, 0) is 72.1 Å². The molecule has 1 aliphatic rings. The molecule has 8 amide bonds. The van der Waals surface area contributed by atoms with Gasteiger partial charge in [-0.05, 0) is 101 Å². The van der Waals surface area contributed by atoms with Crippen LogP contribution in [0.1, 0.15) is 116 Å². The van der Waals surface area contributed by atoms with Gasteiger partial charge in [0.2, 0.25) is 47.3 Å². The number of guanidine groups is 1. The largest absolute Gasteiger partial charge is 0.480 e. The number of nitrogens with one attached hydrogen (secondary N) is 10. The van der Waals surface area contributed by atoms with Gasteiger partial charge in [-0.15, -0.1) is 5.10 Å². The van der Waals surface area contributed by atoms with E-state index < -0.39 is 145 Å². The van der Waals surface area contributed by atoms with Crippen molar-refractivity contribution in [3.8, 4) is 0 Å². The number of hydrogen-bond donors (Lipinski definition) is 18. The number of nitrogens with two attached hydrogens (primary N) is 5. The molecule has 23 N–H and O–H groups in total. The molecule has 0 spiro atoms. The molecule has 2 heterocycles. The monoisotopic (exact) mass is 1380 g/mol. The van der Waals surface area contributed by atoms with Gasteiger partial charge in [0.15, 0.2) is 5.96 Å². The Labute approximate surface area is 572 Å². The summed E-state index contributed by atoms with van der Waals surface area (Å²) in [5.74, 6) is -11.6. The van der Waals surface area contributed by atoms with Gasteiger partial charge in [0.05, 0.1) is 37.9 Å². The number of nitrogens with zero attached hydrogens (tertiary/aromatic N) is 6.